The molecule has 0 radical (unpaired) electrons. The Morgan fingerprint density at radius 2 is 2.20 bits per heavy atom. The predicted octanol–water partition coefficient (Wildman–Crippen LogP) is 3.47. The topological polar surface area (TPSA) is 26.3 Å². The Balaban J connectivity index is 2.57. The van der Waals surface area contributed by atoms with Crippen LogP contribution in [0.15, 0.2) is 12.2 Å². The molecule has 1 fully saturated rings. The van der Waals surface area contributed by atoms with Gasteiger partial charge in [0.15, 0.2) is 0 Å². The number of rotatable bonds is 5. The first-order chi connectivity index (χ1) is 7.22. The van der Waals surface area contributed by atoms with E-state index in [9.17, 15) is 4.79 Å². The maximum Gasteiger partial charge on any atom is 0.305 e. The number of carbonyl (C=O) groups excluding carboxylic acids is 1. The Morgan fingerprint density at radius 3 is 2.73 bits per heavy atom. The van der Waals surface area contributed by atoms with Crippen LogP contribution in [0.3, 0.4) is 0 Å². The molecule has 0 aromatic heterocycles. The summed E-state index contributed by atoms with van der Waals surface area (Å²) in [6, 6.07) is 0. The number of ether oxygens (including phenoxy) is 1. The highest BCUT2D eigenvalue weighted by Crippen LogP contribution is 2.35. The second kappa shape index (κ2) is 5.94. The lowest BCUT2D eigenvalue weighted by Gasteiger charge is -2.33. The predicted molar refractivity (Wildman–Crippen MR) is 61.6 cm³/mol. The molecule has 1 saturated heterocycles. The molecule has 1 rings (SSSR count). The van der Waals surface area contributed by atoms with Crippen molar-refractivity contribution >= 4 is 5.97 Å². The molecule has 0 spiro atoms. The van der Waals surface area contributed by atoms with Crippen LogP contribution < -0.4 is 0 Å². The van der Waals surface area contributed by atoms with Crippen LogP contribution in [0.25, 0.3) is 0 Å². The van der Waals surface area contributed by atoms with Crippen molar-refractivity contribution in [2.45, 2.75) is 52.4 Å². The first kappa shape index (κ1) is 12.3. The van der Waals surface area contributed by atoms with Crippen LogP contribution in [0.4, 0.5) is 0 Å². The highest BCUT2D eigenvalue weighted by Gasteiger charge is 2.32. The average Bonchev–Trinajstić information content (AvgIpc) is 2.23. The van der Waals surface area contributed by atoms with Gasteiger partial charge in [0.2, 0.25) is 0 Å². The first-order valence-corrected chi connectivity index (χ1v) is 6.06. The van der Waals surface area contributed by atoms with Crippen molar-refractivity contribution in [3.05, 3.63) is 12.2 Å². The van der Waals surface area contributed by atoms with Crippen LogP contribution in [0.5, 0.6) is 0 Å². The van der Waals surface area contributed by atoms with Gasteiger partial charge in [-0.1, -0.05) is 38.8 Å². The van der Waals surface area contributed by atoms with Gasteiger partial charge in [-0.3, -0.25) is 4.79 Å². The molecule has 1 heterocycles. The molecule has 0 aromatic carbocycles. The monoisotopic (exact) mass is 210 g/mol. The number of carbonyl (C=O) groups is 1. The highest BCUT2D eigenvalue weighted by molar-refractivity contribution is 5.70. The Morgan fingerprint density at radius 1 is 1.40 bits per heavy atom. The van der Waals surface area contributed by atoms with Crippen LogP contribution in [0, 0.1) is 5.41 Å². The van der Waals surface area contributed by atoms with Crippen molar-refractivity contribution in [2.24, 2.45) is 5.41 Å². The molecule has 86 valence electrons. The van der Waals surface area contributed by atoms with Crippen LogP contribution >= 0.6 is 0 Å². The molecule has 0 amide bonds. The lowest BCUT2D eigenvalue weighted by molar-refractivity contribution is -0.152. The molecule has 1 atom stereocenters. The molecule has 0 aromatic rings. The van der Waals surface area contributed by atoms with Crippen LogP contribution in [0.1, 0.15) is 52.4 Å². The molecule has 0 saturated carbocycles. The second-order valence-corrected chi connectivity index (χ2v) is 4.46. The van der Waals surface area contributed by atoms with Crippen LogP contribution in [-0.2, 0) is 9.53 Å². The number of unbranched alkanes of at least 4 members (excludes halogenated alkanes) is 1. The summed E-state index contributed by atoms with van der Waals surface area (Å²) >= 11 is 0. The Hall–Kier alpha value is -0.790. The van der Waals surface area contributed by atoms with Gasteiger partial charge in [0.25, 0.3) is 0 Å². The summed E-state index contributed by atoms with van der Waals surface area (Å²) in [6.45, 7) is 4.95. The van der Waals surface area contributed by atoms with Gasteiger partial charge in [0, 0.05) is 11.8 Å². The molecule has 0 bridgehead atoms. The lowest BCUT2D eigenvalue weighted by atomic mass is 9.78. The quantitative estimate of drug-likeness (QED) is 0.513. The zero-order valence-corrected chi connectivity index (χ0v) is 9.92. The minimum atomic E-state index is -0.0365. The smallest absolute Gasteiger partial charge is 0.305 e. The third-order valence-electron chi connectivity index (χ3n) is 3.02. The summed E-state index contributed by atoms with van der Waals surface area (Å²) in [5.41, 5.74) is 0.137. The lowest BCUT2D eigenvalue weighted by Crippen LogP contribution is -2.32. The fourth-order valence-corrected chi connectivity index (χ4v) is 2.13. The Labute approximate surface area is 92.7 Å². The van der Waals surface area contributed by atoms with E-state index in [1.807, 2.05) is 0 Å². The van der Waals surface area contributed by atoms with Crippen molar-refractivity contribution in [2.75, 3.05) is 6.61 Å². The maximum absolute atomic E-state index is 11.0. The summed E-state index contributed by atoms with van der Waals surface area (Å²) in [5, 5.41) is 0. The average molecular weight is 210 g/mol. The van der Waals surface area contributed by atoms with E-state index in [2.05, 4.69) is 26.0 Å². The minimum absolute atomic E-state index is 0.0365. The zero-order chi connectivity index (χ0) is 11.1. The molecule has 0 aliphatic carbocycles. The summed E-state index contributed by atoms with van der Waals surface area (Å²) in [7, 11) is 0. The molecule has 1 unspecified atom stereocenters. The van der Waals surface area contributed by atoms with Crippen molar-refractivity contribution < 1.29 is 9.53 Å². The van der Waals surface area contributed by atoms with Gasteiger partial charge in [-0.15, -0.1) is 0 Å². The van der Waals surface area contributed by atoms with E-state index in [1.165, 1.54) is 6.42 Å². The van der Waals surface area contributed by atoms with E-state index in [1.54, 1.807) is 0 Å². The number of allylic oxidation sites excluding steroid dienone is 1. The van der Waals surface area contributed by atoms with Gasteiger partial charge in [-0.2, -0.15) is 0 Å². The molecule has 0 N–H and O–H groups in total. The van der Waals surface area contributed by atoms with Gasteiger partial charge in [0.1, 0.15) is 6.61 Å². The van der Waals surface area contributed by atoms with E-state index < -0.39 is 0 Å². The normalized spacial score (nSPS) is 26.9. The van der Waals surface area contributed by atoms with Gasteiger partial charge in [-0.05, 0) is 19.3 Å². The standard InChI is InChI=1S/C13H22O2/c1-3-5-6-9-13(8-4-2)10-7-12(14)15-11-13/h6,9H,3-5,7-8,10-11H2,1-2H3. The number of hydrogen-bond acceptors (Lipinski definition) is 2. The number of esters is 1. The Kier molecular flexibility index (Phi) is 4.86. The number of cyclic esters (lactones) is 1. The Bertz CT molecular complexity index is 221. The van der Waals surface area contributed by atoms with Gasteiger partial charge >= 0.3 is 5.97 Å². The van der Waals surface area contributed by atoms with Gasteiger partial charge in [0.05, 0.1) is 0 Å². The molecular formula is C13H22O2. The molecular weight excluding hydrogens is 188 g/mol. The SMILES string of the molecule is CCCC=CC1(CCC)CCC(=O)OC1. The summed E-state index contributed by atoms with van der Waals surface area (Å²) in [6.07, 6.45) is 10.6. The van der Waals surface area contributed by atoms with Gasteiger partial charge < -0.3 is 4.74 Å². The van der Waals surface area contributed by atoms with Crippen molar-refractivity contribution in [1.82, 2.24) is 0 Å². The minimum Gasteiger partial charge on any atom is -0.465 e. The molecule has 1 aliphatic heterocycles. The van der Waals surface area contributed by atoms with E-state index in [0.717, 1.165) is 25.7 Å². The fourth-order valence-electron chi connectivity index (χ4n) is 2.13. The third-order valence-corrected chi connectivity index (χ3v) is 3.02. The number of hydrogen-bond donors (Lipinski definition) is 0. The molecule has 2 nitrogen and oxygen atoms in total. The van der Waals surface area contributed by atoms with E-state index >= 15 is 0 Å². The van der Waals surface area contributed by atoms with Crippen molar-refractivity contribution in [1.29, 1.82) is 0 Å². The summed E-state index contributed by atoms with van der Waals surface area (Å²) in [4.78, 5) is 11.0. The third kappa shape index (κ3) is 3.69. The van der Waals surface area contributed by atoms with Crippen molar-refractivity contribution in [3.8, 4) is 0 Å². The molecule has 2 heteroatoms. The van der Waals surface area contributed by atoms with Gasteiger partial charge in [-0.25, -0.2) is 0 Å². The van der Waals surface area contributed by atoms with E-state index in [4.69, 9.17) is 4.74 Å². The van der Waals surface area contributed by atoms with E-state index in [-0.39, 0.29) is 11.4 Å². The maximum atomic E-state index is 11.0. The largest absolute Gasteiger partial charge is 0.465 e. The summed E-state index contributed by atoms with van der Waals surface area (Å²) < 4.78 is 5.19. The first-order valence-electron chi connectivity index (χ1n) is 6.06. The van der Waals surface area contributed by atoms with Crippen LogP contribution in [-0.4, -0.2) is 12.6 Å². The summed E-state index contributed by atoms with van der Waals surface area (Å²) in [5.74, 6) is -0.0365. The van der Waals surface area contributed by atoms with Crippen LogP contribution in [0.2, 0.25) is 0 Å². The fraction of sp³-hybridized carbons (Fsp3) is 0.769. The molecule has 15 heavy (non-hydrogen) atoms. The molecule has 1 aliphatic rings. The second-order valence-electron chi connectivity index (χ2n) is 4.46. The highest BCUT2D eigenvalue weighted by atomic mass is 16.5. The van der Waals surface area contributed by atoms with Crippen molar-refractivity contribution in [3.63, 3.8) is 0 Å². The zero-order valence-electron chi connectivity index (χ0n) is 9.92. The van der Waals surface area contributed by atoms with E-state index in [0.29, 0.717) is 13.0 Å².